The fourth-order valence-corrected chi connectivity index (χ4v) is 1.79. The van der Waals surface area contributed by atoms with Crippen LogP contribution >= 0.6 is 11.6 Å². The zero-order valence-electron chi connectivity index (χ0n) is 10.8. The lowest BCUT2D eigenvalue weighted by atomic mass is 10.1. The maximum Gasteiger partial charge on any atom is 0.257 e. The number of carbonyl (C=O) groups excluding carboxylic acids is 1. The highest BCUT2D eigenvalue weighted by atomic mass is 35.5. The lowest BCUT2D eigenvalue weighted by Gasteiger charge is -2.26. The average molecular weight is 272 g/mol. The van der Waals surface area contributed by atoms with Gasteiger partial charge in [-0.25, -0.2) is 0 Å². The van der Waals surface area contributed by atoms with E-state index in [1.165, 1.54) is 12.1 Å². The van der Waals surface area contributed by atoms with Gasteiger partial charge in [0, 0.05) is 24.7 Å². The van der Waals surface area contributed by atoms with Crippen LogP contribution in [0.4, 0.5) is 0 Å². The number of phenolic OH excluding ortho intramolecular Hbond substituents is 1. The van der Waals surface area contributed by atoms with Crippen molar-refractivity contribution in [3.8, 4) is 5.75 Å². The molecule has 0 aliphatic carbocycles. The molecule has 0 fully saturated rings. The zero-order chi connectivity index (χ0) is 13.7. The number of rotatable bonds is 5. The number of methoxy groups -OCH3 is 1. The number of halogens is 1. The molecule has 4 nitrogen and oxygen atoms in total. The molecule has 1 rings (SSSR count). The van der Waals surface area contributed by atoms with Crippen molar-refractivity contribution in [2.75, 3.05) is 20.3 Å². The Morgan fingerprint density at radius 1 is 1.50 bits per heavy atom. The fraction of sp³-hybridized carbons (Fsp3) is 0.462. The van der Waals surface area contributed by atoms with Crippen LogP contribution in [0.25, 0.3) is 0 Å². The van der Waals surface area contributed by atoms with Crippen LogP contribution in [0.3, 0.4) is 0 Å². The largest absolute Gasteiger partial charge is 0.507 e. The van der Waals surface area contributed by atoms with E-state index in [1.54, 1.807) is 18.1 Å². The van der Waals surface area contributed by atoms with Gasteiger partial charge in [0.05, 0.1) is 12.2 Å². The van der Waals surface area contributed by atoms with Gasteiger partial charge in [0.15, 0.2) is 0 Å². The second-order valence-corrected chi connectivity index (χ2v) is 4.68. The highest BCUT2D eigenvalue weighted by molar-refractivity contribution is 6.31. The molecule has 5 heteroatoms. The molecule has 0 unspecified atom stereocenters. The van der Waals surface area contributed by atoms with Gasteiger partial charge < -0.3 is 14.7 Å². The number of hydrogen-bond acceptors (Lipinski definition) is 3. The average Bonchev–Trinajstić information content (AvgIpc) is 2.32. The second kappa shape index (κ2) is 6.61. The van der Waals surface area contributed by atoms with Crippen molar-refractivity contribution in [3.05, 3.63) is 28.8 Å². The van der Waals surface area contributed by atoms with Gasteiger partial charge in [-0.15, -0.1) is 0 Å². The molecule has 0 saturated carbocycles. The third kappa shape index (κ3) is 3.62. The van der Waals surface area contributed by atoms with Gasteiger partial charge >= 0.3 is 0 Å². The van der Waals surface area contributed by atoms with E-state index in [9.17, 15) is 9.90 Å². The molecule has 0 heterocycles. The van der Waals surface area contributed by atoms with Gasteiger partial charge in [-0.1, -0.05) is 11.6 Å². The van der Waals surface area contributed by atoms with Gasteiger partial charge in [-0.3, -0.25) is 4.79 Å². The third-order valence-electron chi connectivity index (χ3n) is 2.61. The van der Waals surface area contributed by atoms with Crippen LogP contribution in [0.5, 0.6) is 5.75 Å². The molecule has 0 radical (unpaired) electrons. The van der Waals surface area contributed by atoms with Crippen molar-refractivity contribution >= 4 is 17.5 Å². The fourth-order valence-electron chi connectivity index (χ4n) is 1.62. The molecule has 0 aliphatic heterocycles. The first-order valence-corrected chi connectivity index (χ1v) is 6.13. The second-order valence-electron chi connectivity index (χ2n) is 4.25. The molecule has 0 bridgehead atoms. The maximum absolute atomic E-state index is 12.3. The molecule has 1 aromatic rings. The van der Waals surface area contributed by atoms with Gasteiger partial charge in [0.25, 0.3) is 5.91 Å². The Hall–Kier alpha value is -1.26. The predicted molar refractivity (Wildman–Crippen MR) is 71.2 cm³/mol. The number of amides is 1. The third-order valence-corrected chi connectivity index (χ3v) is 2.84. The molecular formula is C13H18ClNO3. The number of carbonyl (C=O) groups is 1. The Bertz CT molecular complexity index is 421. The summed E-state index contributed by atoms with van der Waals surface area (Å²) in [5.74, 6) is -0.311. The standard InChI is InChI=1S/C13H18ClNO3/c1-9(2)15(6-7-18-3)13(17)11-8-10(14)4-5-12(11)16/h4-5,8-9,16H,6-7H2,1-3H3. The van der Waals surface area contributed by atoms with E-state index >= 15 is 0 Å². The van der Waals surface area contributed by atoms with Crippen molar-refractivity contribution in [2.24, 2.45) is 0 Å². The van der Waals surface area contributed by atoms with Crippen molar-refractivity contribution < 1.29 is 14.6 Å². The normalized spacial score (nSPS) is 10.7. The Kier molecular flexibility index (Phi) is 5.44. The van der Waals surface area contributed by atoms with Crippen LogP contribution in [0.2, 0.25) is 5.02 Å². The minimum atomic E-state index is -0.248. The van der Waals surface area contributed by atoms with Gasteiger partial charge in [-0.2, -0.15) is 0 Å². The highest BCUT2D eigenvalue weighted by Gasteiger charge is 2.21. The van der Waals surface area contributed by atoms with Crippen molar-refractivity contribution in [3.63, 3.8) is 0 Å². The Labute approximate surface area is 112 Å². The molecule has 18 heavy (non-hydrogen) atoms. The van der Waals surface area contributed by atoms with Crippen LogP contribution in [0, 0.1) is 0 Å². The quantitative estimate of drug-likeness (QED) is 0.895. The van der Waals surface area contributed by atoms with Gasteiger partial charge in [-0.05, 0) is 32.0 Å². The van der Waals surface area contributed by atoms with E-state index < -0.39 is 0 Å². The summed E-state index contributed by atoms with van der Waals surface area (Å²) in [5.41, 5.74) is 0.215. The predicted octanol–water partition coefficient (Wildman–Crippen LogP) is 2.54. The molecule has 0 saturated heterocycles. The number of benzene rings is 1. The molecule has 0 aromatic heterocycles. The monoisotopic (exact) mass is 271 g/mol. The minimum absolute atomic E-state index is 0.0195. The Morgan fingerprint density at radius 3 is 2.72 bits per heavy atom. The summed E-state index contributed by atoms with van der Waals surface area (Å²) >= 11 is 5.84. The van der Waals surface area contributed by atoms with E-state index in [1.807, 2.05) is 13.8 Å². The van der Waals surface area contributed by atoms with Crippen LogP contribution in [-0.2, 0) is 4.74 Å². The molecule has 0 spiro atoms. The smallest absolute Gasteiger partial charge is 0.257 e. The zero-order valence-corrected chi connectivity index (χ0v) is 11.6. The molecule has 1 N–H and O–H groups in total. The number of phenols is 1. The molecule has 0 atom stereocenters. The summed E-state index contributed by atoms with van der Waals surface area (Å²) in [7, 11) is 1.58. The summed E-state index contributed by atoms with van der Waals surface area (Å²) in [4.78, 5) is 14.0. The van der Waals surface area contributed by atoms with Crippen LogP contribution in [0.1, 0.15) is 24.2 Å². The van der Waals surface area contributed by atoms with E-state index in [0.717, 1.165) is 0 Å². The molecular weight excluding hydrogens is 254 g/mol. The van der Waals surface area contributed by atoms with Crippen LogP contribution in [-0.4, -0.2) is 42.2 Å². The van der Waals surface area contributed by atoms with Crippen molar-refractivity contribution in [1.29, 1.82) is 0 Å². The number of aromatic hydroxyl groups is 1. The van der Waals surface area contributed by atoms with Crippen molar-refractivity contribution in [2.45, 2.75) is 19.9 Å². The van der Waals surface area contributed by atoms with E-state index in [2.05, 4.69) is 0 Å². The summed E-state index contributed by atoms with van der Waals surface area (Å²) in [6, 6.07) is 4.46. The van der Waals surface area contributed by atoms with Crippen LogP contribution in [0.15, 0.2) is 18.2 Å². The maximum atomic E-state index is 12.3. The number of nitrogens with zero attached hydrogens (tertiary/aromatic N) is 1. The number of hydrogen-bond donors (Lipinski definition) is 1. The minimum Gasteiger partial charge on any atom is -0.507 e. The molecule has 1 aromatic carbocycles. The molecule has 1 amide bonds. The van der Waals surface area contributed by atoms with E-state index in [0.29, 0.717) is 18.2 Å². The SMILES string of the molecule is COCCN(C(=O)c1cc(Cl)ccc1O)C(C)C. The first kappa shape index (κ1) is 14.8. The summed E-state index contributed by atoms with van der Waals surface area (Å²) in [6.45, 7) is 4.74. The Balaban J connectivity index is 2.98. The summed E-state index contributed by atoms with van der Waals surface area (Å²) in [5, 5.41) is 10.1. The van der Waals surface area contributed by atoms with Crippen molar-refractivity contribution in [1.82, 2.24) is 4.90 Å². The molecule has 0 aliphatic rings. The first-order chi connectivity index (χ1) is 8.47. The van der Waals surface area contributed by atoms with Gasteiger partial charge in [0.2, 0.25) is 0 Å². The topological polar surface area (TPSA) is 49.8 Å². The van der Waals surface area contributed by atoms with E-state index in [-0.39, 0.29) is 23.3 Å². The first-order valence-electron chi connectivity index (χ1n) is 5.75. The highest BCUT2D eigenvalue weighted by Crippen LogP contribution is 2.23. The summed E-state index contributed by atoms with van der Waals surface area (Å²) in [6.07, 6.45) is 0. The van der Waals surface area contributed by atoms with Crippen LogP contribution < -0.4 is 0 Å². The van der Waals surface area contributed by atoms with E-state index in [4.69, 9.17) is 16.3 Å². The number of ether oxygens (including phenoxy) is 1. The lowest BCUT2D eigenvalue weighted by molar-refractivity contribution is 0.0632. The summed E-state index contributed by atoms with van der Waals surface area (Å²) < 4.78 is 4.98. The van der Waals surface area contributed by atoms with Gasteiger partial charge in [0.1, 0.15) is 5.75 Å². The lowest BCUT2D eigenvalue weighted by Crippen LogP contribution is -2.39. The Morgan fingerprint density at radius 2 is 2.17 bits per heavy atom. The molecule has 100 valence electrons.